The van der Waals surface area contributed by atoms with Crippen molar-refractivity contribution < 1.29 is 29.3 Å². The number of carboxylic acid groups (broad SMARTS) is 1. The lowest BCUT2D eigenvalue weighted by Gasteiger charge is -2.09. The van der Waals surface area contributed by atoms with Crippen molar-refractivity contribution >= 4 is 11.9 Å². The topological polar surface area (TPSA) is 120 Å². The number of aliphatic carboxylic acids is 1. The first-order chi connectivity index (χ1) is 11.3. The van der Waals surface area contributed by atoms with Crippen LogP contribution in [0.3, 0.4) is 0 Å². The van der Waals surface area contributed by atoms with E-state index in [1.807, 2.05) is 6.92 Å². The number of nitrogens with one attached hydrogen (secondary N) is 1. The summed E-state index contributed by atoms with van der Waals surface area (Å²) < 4.78 is 19.1. The van der Waals surface area contributed by atoms with E-state index in [-0.39, 0.29) is 12.1 Å². The van der Waals surface area contributed by atoms with Gasteiger partial charge in [-0.2, -0.15) is 0 Å². The van der Waals surface area contributed by atoms with Gasteiger partial charge in [0.25, 0.3) is 5.91 Å². The van der Waals surface area contributed by atoms with Gasteiger partial charge in [-0.3, -0.25) is 4.79 Å². The van der Waals surface area contributed by atoms with Gasteiger partial charge in [0, 0.05) is 17.5 Å². The average Bonchev–Trinajstić information content (AvgIpc) is 2.92. The molecule has 0 saturated carbocycles. The second-order valence-electron chi connectivity index (χ2n) is 5.39. The molecule has 0 bridgehead atoms. The Bertz CT molecular complexity index is 773. The molecule has 0 unspecified atom stereocenters. The Morgan fingerprint density at radius 1 is 1.42 bits per heavy atom. The van der Waals surface area contributed by atoms with Gasteiger partial charge >= 0.3 is 5.97 Å². The molecule has 128 valence electrons. The van der Waals surface area contributed by atoms with Crippen molar-refractivity contribution in [3.05, 3.63) is 41.0 Å². The summed E-state index contributed by atoms with van der Waals surface area (Å²) >= 11 is 0. The minimum atomic E-state index is -1.12. The zero-order valence-electron chi connectivity index (χ0n) is 13.4. The Morgan fingerprint density at radius 2 is 2.12 bits per heavy atom. The fourth-order valence-electron chi connectivity index (χ4n) is 2.30. The number of nitrogens with zero attached hydrogens (tertiary/aromatic N) is 1. The summed E-state index contributed by atoms with van der Waals surface area (Å²) in [7, 11) is 0. The molecule has 2 rings (SSSR count). The summed E-state index contributed by atoms with van der Waals surface area (Å²) in [5.74, 6) is -1.67. The third kappa shape index (κ3) is 3.77. The Hall–Kier alpha value is -2.74. The average molecular weight is 336 g/mol. The number of hydrogen-bond acceptors (Lipinski definition) is 4. The summed E-state index contributed by atoms with van der Waals surface area (Å²) in [4.78, 5) is 22.9. The molecule has 0 saturated heterocycles. The lowest BCUT2D eigenvalue weighted by molar-refractivity contribution is -0.404. The van der Waals surface area contributed by atoms with Crippen molar-refractivity contribution in [1.29, 1.82) is 0 Å². The van der Waals surface area contributed by atoms with Gasteiger partial charge in [0.15, 0.2) is 6.04 Å². The summed E-state index contributed by atoms with van der Waals surface area (Å²) in [5.41, 5.74) is 5.24. The first kappa shape index (κ1) is 17.6. The van der Waals surface area contributed by atoms with Crippen LogP contribution in [-0.2, 0) is 11.2 Å². The van der Waals surface area contributed by atoms with Crippen LogP contribution in [-0.4, -0.2) is 34.7 Å². The van der Waals surface area contributed by atoms with Gasteiger partial charge in [-0.15, -0.1) is 0 Å². The molecule has 8 heteroatoms. The molecule has 0 aliphatic heterocycles. The number of carboxylic acids is 1. The van der Waals surface area contributed by atoms with E-state index in [1.54, 1.807) is 6.92 Å². The highest BCUT2D eigenvalue weighted by molar-refractivity contribution is 5.96. The summed E-state index contributed by atoms with van der Waals surface area (Å²) in [6, 6.07) is 2.94. The van der Waals surface area contributed by atoms with Crippen LogP contribution in [0.15, 0.2) is 22.7 Å². The molecule has 0 fully saturated rings. The van der Waals surface area contributed by atoms with Gasteiger partial charge in [0.1, 0.15) is 11.6 Å². The number of carbonyl (C=O) groups excluding carboxylic acids is 1. The van der Waals surface area contributed by atoms with Crippen molar-refractivity contribution in [2.45, 2.75) is 26.3 Å². The first-order valence-corrected chi connectivity index (χ1v) is 7.43. The molecular weight excluding hydrogens is 317 g/mol. The van der Waals surface area contributed by atoms with E-state index in [0.29, 0.717) is 29.0 Å². The molecule has 1 amide bonds. The van der Waals surface area contributed by atoms with Crippen molar-refractivity contribution in [2.75, 3.05) is 6.54 Å². The van der Waals surface area contributed by atoms with E-state index in [2.05, 4.69) is 16.2 Å². The number of halogens is 1. The number of aryl methyl sites for hydroxylation is 2. The van der Waals surface area contributed by atoms with Crippen molar-refractivity contribution in [2.24, 2.45) is 0 Å². The largest absolute Gasteiger partial charge is 0.477 e. The number of quaternary nitrogens is 1. The maximum absolute atomic E-state index is 13.9. The van der Waals surface area contributed by atoms with E-state index in [1.165, 1.54) is 12.1 Å². The number of carbonyl (C=O) groups is 2. The molecule has 0 aliphatic carbocycles. The number of amides is 1. The van der Waals surface area contributed by atoms with Crippen molar-refractivity contribution in [3.63, 3.8) is 0 Å². The third-order valence-electron chi connectivity index (χ3n) is 3.56. The van der Waals surface area contributed by atoms with Crippen molar-refractivity contribution in [1.82, 2.24) is 10.5 Å². The standard InChI is InChI=1S/C16H18FN3O4/c1-3-13-14(8(2)20-24-13)9-4-10(6-11(17)5-9)15(21)19-7-12(18)16(22)23/h4-6,12H,3,7,18H2,1-2H3,(H,19,21)(H,22,23)/p+1/t12-/m1/s1. The molecular formula is C16H19FN3O4+. The smallest absolute Gasteiger partial charge is 0.364 e. The molecule has 1 aromatic carbocycles. The number of rotatable bonds is 6. The van der Waals surface area contributed by atoms with Gasteiger partial charge in [0.2, 0.25) is 0 Å². The normalized spacial score (nSPS) is 12.0. The molecule has 0 spiro atoms. The molecule has 1 atom stereocenters. The fourth-order valence-corrected chi connectivity index (χ4v) is 2.30. The highest BCUT2D eigenvalue weighted by Gasteiger charge is 2.19. The summed E-state index contributed by atoms with van der Waals surface area (Å²) in [6.07, 6.45) is 0.579. The number of benzene rings is 1. The maximum atomic E-state index is 13.9. The second kappa shape index (κ2) is 7.22. The molecule has 2 aromatic rings. The van der Waals surface area contributed by atoms with Crippen LogP contribution in [0, 0.1) is 12.7 Å². The summed E-state index contributed by atoms with van der Waals surface area (Å²) in [6.45, 7) is 3.48. The minimum Gasteiger partial charge on any atom is -0.477 e. The molecule has 5 N–H and O–H groups in total. The van der Waals surface area contributed by atoms with Crippen LogP contribution in [0.2, 0.25) is 0 Å². The Kier molecular flexibility index (Phi) is 5.30. The Morgan fingerprint density at radius 3 is 2.75 bits per heavy atom. The van der Waals surface area contributed by atoms with Gasteiger partial charge < -0.3 is 20.7 Å². The van der Waals surface area contributed by atoms with Gasteiger partial charge in [-0.1, -0.05) is 12.1 Å². The zero-order valence-corrected chi connectivity index (χ0v) is 13.4. The molecule has 0 aliphatic rings. The molecule has 24 heavy (non-hydrogen) atoms. The van der Waals surface area contributed by atoms with Crippen LogP contribution in [0.25, 0.3) is 11.1 Å². The zero-order chi connectivity index (χ0) is 17.9. The van der Waals surface area contributed by atoms with Crippen LogP contribution in [0.5, 0.6) is 0 Å². The minimum absolute atomic E-state index is 0.0882. The monoisotopic (exact) mass is 336 g/mol. The van der Waals surface area contributed by atoms with E-state index >= 15 is 0 Å². The van der Waals surface area contributed by atoms with Gasteiger partial charge in [-0.05, 0) is 30.7 Å². The third-order valence-corrected chi connectivity index (χ3v) is 3.56. The SMILES string of the molecule is CCc1onc(C)c1-c1cc(F)cc(C(=O)NC[C@@H]([NH3+])C(=O)O)c1. The highest BCUT2D eigenvalue weighted by atomic mass is 19.1. The van der Waals surface area contributed by atoms with Crippen LogP contribution < -0.4 is 11.1 Å². The molecule has 1 aromatic heterocycles. The lowest BCUT2D eigenvalue weighted by Crippen LogP contribution is -2.68. The van der Waals surface area contributed by atoms with Crippen LogP contribution in [0.4, 0.5) is 4.39 Å². The maximum Gasteiger partial charge on any atom is 0.364 e. The Balaban J connectivity index is 2.30. The lowest BCUT2D eigenvalue weighted by atomic mass is 10.00. The number of aromatic nitrogens is 1. The first-order valence-electron chi connectivity index (χ1n) is 7.43. The van der Waals surface area contributed by atoms with Gasteiger partial charge in [-0.25, -0.2) is 9.18 Å². The Labute approximate surface area is 137 Å². The van der Waals surface area contributed by atoms with Gasteiger partial charge in [0.05, 0.1) is 12.2 Å². The van der Waals surface area contributed by atoms with E-state index in [4.69, 9.17) is 9.63 Å². The second-order valence-corrected chi connectivity index (χ2v) is 5.39. The predicted molar refractivity (Wildman–Crippen MR) is 82.7 cm³/mol. The fraction of sp³-hybridized carbons (Fsp3) is 0.312. The van der Waals surface area contributed by atoms with E-state index < -0.39 is 23.7 Å². The van der Waals surface area contributed by atoms with Crippen LogP contribution in [0.1, 0.15) is 28.7 Å². The van der Waals surface area contributed by atoms with Crippen LogP contribution >= 0.6 is 0 Å². The van der Waals surface area contributed by atoms with Crippen molar-refractivity contribution in [3.8, 4) is 11.1 Å². The molecule has 1 heterocycles. The molecule has 7 nitrogen and oxygen atoms in total. The molecule has 0 radical (unpaired) electrons. The quantitative estimate of drug-likeness (QED) is 0.720. The van der Waals surface area contributed by atoms with E-state index in [0.717, 1.165) is 6.07 Å². The predicted octanol–water partition coefficient (Wildman–Crippen LogP) is 0.776. The van der Waals surface area contributed by atoms with E-state index in [9.17, 15) is 14.0 Å². The highest BCUT2D eigenvalue weighted by Crippen LogP contribution is 2.29. The summed E-state index contributed by atoms with van der Waals surface area (Å²) in [5, 5.41) is 15.1. The number of hydrogen-bond donors (Lipinski definition) is 3.